The van der Waals surface area contributed by atoms with Crippen LogP contribution in [0.5, 0.6) is 5.75 Å². The van der Waals surface area contributed by atoms with E-state index < -0.39 is 11.4 Å². The van der Waals surface area contributed by atoms with Crippen molar-refractivity contribution in [2.45, 2.75) is 71.3 Å². The van der Waals surface area contributed by atoms with E-state index in [-0.39, 0.29) is 12.5 Å². The van der Waals surface area contributed by atoms with Gasteiger partial charge in [-0.05, 0) is 50.7 Å². The summed E-state index contributed by atoms with van der Waals surface area (Å²) in [5.41, 5.74) is 2.91. The molecule has 0 bridgehead atoms. The molecule has 0 aromatic heterocycles. The molecule has 1 aromatic carbocycles. The number of aryl methyl sites for hydroxylation is 1. The van der Waals surface area contributed by atoms with Gasteiger partial charge in [0.15, 0.2) is 0 Å². The van der Waals surface area contributed by atoms with Crippen LogP contribution >= 0.6 is 0 Å². The van der Waals surface area contributed by atoms with E-state index >= 15 is 0 Å². The Morgan fingerprint density at radius 2 is 1.90 bits per heavy atom. The summed E-state index contributed by atoms with van der Waals surface area (Å²) >= 11 is 0. The molecule has 116 valence electrons. The molecule has 3 heteroatoms. The summed E-state index contributed by atoms with van der Waals surface area (Å²) < 4.78 is 6.29. The molecule has 2 rings (SSSR count). The first-order valence-corrected chi connectivity index (χ1v) is 7.80. The van der Waals surface area contributed by atoms with Crippen molar-refractivity contribution in [3.05, 3.63) is 28.8 Å². The second-order valence-electron chi connectivity index (χ2n) is 6.86. The highest BCUT2D eigenvalue weighted by Gasteiger charge is 2.30. The van der Waals surface area contributed by atoms with E-state index in [1.54, 1.807) is 0 Å². The summed E-state index contributed by atoms with van der Waals surface area (Å²) in [5, 5.41) is 9.17. The third-order valence-electron chi connectivity index (χ3n) is 4.59. The molecular formula is C18H26O3. The van der Waals surface area contributed by atoms with Crippen LogP contribution in [-0.2, 0) is 10.2 Å². The Bertz CT molecular complexity index is 526. The topological polar surface area (TPSA) is 46.5 Å². The Kier molecular flexibility index (Phi) is 4.60. The fourth-order valence-corrected chi connectivity index (χ4v) is 3.12. The second kappa shape index (κ2) is 6.08. The molecule has 3 nitrogen and oxygen atoms in total. The van der Waals surface area contributed by atoms with E-state index in [9.17, 15) is 4.79 Å². The molecule has 21 heavy (non-hydrogen) atoms. The Hall–Kier alpha value is -1.51. The van der Waals surface area contributed by atoms with Gasteiger partial charge in [0.2, 0.25) is 0 Å². The predicted octanol–water partition coefficient (Wildman–Crippen LogP) is 4.38. The third kappa shape index (κ3) is 3.58. The minimum atomic E-state index is -0.773. The Balaban J connectivity index is 2.39. The van der Waals surface area contributed by atoms with E-state index in [0.717, 1.165) is 29.7 Å². The fourth-order valence-electron chi connectivity index (χ4n) is 3.12. The van der Waals surface area contributed by atoms with Crippen molar-refractivity contribution >= 4 is 5.97 Å². The van der Waals surface area contributed by atoms with Gasteiger partial charge in [0.1, 0.15) is 5.75 Å². The Labute approximate surface area is 127 Å². The van der Waals surface area contributed by atoms with E-state index in [1.165, 1.54) is 18.4 Å². The van der Waals surface area contributed by atoms with Crippen molar-refractivity contribution < 1.29 is 14.6 Å². The highest BCUT2D eigenvalue weighted by atomic mass is 16.5. The zero-order valence-corrected chi connectivity index (χ0v) is 13.5. The third-order valence-corrected chi connectivity index (χ3v) is 4.59. The lowest BCUT2D eigenvalue weighted by Crippen LogP contribution is -2.24. The molecule has 0 saturated heterocycles. The number of ether oxygens (including phenoxy) is 1. The number of benzene rings is 1. The minimum Gasteiger partial charge on any atom is -0.490 e. The molecule has 1 aliphatic rings. The van der Waals surface area contributed by atoms with Gasteiger partial charge in [-0.2, -0.15) is 0 Å². The monoisotopic (exact) mass is 290 g/mol. The van der Waals surface area contributed by atoms with Crippen LogP contribution in [0.25, 0.3) is 0 Å². The lowest BCUT2D eigenvalue weighted by Gasteiger charge is -2.29. The number of hydrogen-bond donors (Lipinski definition) is 1. The molecule has 1 fully saturated rings. The van der Waals surface area contributed by atoms with Gasteiger partial charge >= 0.3 is 5.97 Å². The van der Waals surface area contributed by atoms with Gasteiger partial charge in [0.05, 0.1) is 12.5 Å². The van der Waals surface area contributed by atoms with Crippen molar-refractivity contribution in [1.29, 1.82) is 0 Å². The molecule has 0 spiro atoms. The van der Waals surface area contributed by atoms with E-state index in [2.05, 4.69) is 19.9 Å². The molecule has 0 radical (unpaired) electrons. The van der Waals surface area contributed by atoms with E-state index in [4.69, 9.17) is 9.84 Å². The maximum Gasteiger partial charge on any atom is 0.304 e. The van der Waals surface area contributed by atoms with Crippen molar-refractivity contribution in [2.24, 2.45) is 0 Å². The predicted molar refractivity (Wildman–Crippen MR) is 84.1 cm³/mol. The summed E-state index contributed by atoms with van der Waals surface area (Å²) in [6, 6.07) is 4.10. The first-order chi connectivity index (χ1) is 9.81. The van der Waals surface area contributed by atoms with Crippen LogP contribution in [-0.4, -0.2) is 17.2 Å². The van der Waals surface area contributed by atoms with Crippen LogP contribution in [0.2, 0.25) is 0 Å². The SMILES string of the molecule is Cc1ccc(C(C)(C)CC(=O)O)c(OC2CCCC2)c1C. The van der Waals surface area contributed by atoms with Gasteiger partial charge in [0, 0.05) is 11.0 Å². The van der Waals surface area contributed by atoms with Gasteiger partial charge in [-0.25, -0.2) is 0 Å². The van der Waals surface area contributed by atoms with Gasteiger partial charge in [-0.3, -0.25) is 4.79 Å². The summed E-state index contributed by atoms with van der Waals surface area (Å²) in [4.78, 5) is 11.2. The lowest BCUT2D eigenvalue weighted by atomic mass is 9.79. The highest BCUT2D eigenvalue weighted by molar-refractivity contribution is 5.69. The first kappa shape index (κ1) is 15.9. The van der Waals surface area contributed by atoms with E-state index in [1.807, 2.05) is 19.9 Å². The summed E-state index contributed by atoms with van der Waals surface area (Å²) in [6.45, 7) is 8.10. The summed E-state index contributed by atoms with van der Waals surface area (Å²) in [5.74, 6) is 0.137. The van der Waals surface area contributed by atoms with Gasteiger partial charge in [-0.15, -0.1) is 0 Å². The van der Waals surface area contributed by atoms with E-state index in [0.29, 0.717) is 0 Å². The number of carboxylic acids is 1. The van der Waals surface area contributed by atoms with Crippen LogP contribution in [0, 0.1) is 13.8 Å². The normalized spacial score (nSPS) is 16.2. The van der Waals surface area contributed by atoms with Crippen molar-refractivity contribution in [3.8, 4) is 5.75 Å². The second-order valence-corrected chi connectivity index (χ2v) is 6.86. The maximum absolute atomic E-state index is 11.2. The smallest absolute Gasteiger partial charge is 0.304 e. The molecule has 1 aliphatic carbocycles. The van der Waals surface area contributed by atoms with Crippen molar-refractivity contribution in [2.75, 3.05) is 0 Å². The molecule has 0 amide bonds. The average molecular weight is 290 g/mol. The largest absolute Gasteiger partial charge is 0.490 e. The van der Waals surface area contributed by atoms with Gasteiger partial charge in [0.25, 0.3) is 0 Å². The summed E-state index contributed by atoms with van der Waals surface area (Å²) in [7, 11) is 0. The van der Waals surface area contributed by atoms with Crippen LogP contribution < -0.4 is 4.74 Å². The quantitative estimate of drug-likeness (QED) is 0.875. The number of carbonyl (C=O) groups is 1. The van der Waals surface area contributed by atoms with Crippen LogP contribution in [0.4, 0.5) is 0 Å². The van der Waals surface area contributed by atoms with Crippen molar-refractivity contribution in [3.63, 3.8) is 0 Å². The molecule has 1 N–H and O–H groups in total. The van der Waals surface area contributed by atoms with Gasteiger partial charge < -0.3 is 9.84 Å². The van der Waals surface area contributed by atoms with Crippen LogP contribution in [0.1, 0.15) is 62.6 Å². The van der Waals surface area contributed by atoms with Crippen LogP contribution in [0.3, 0.4) is 0 Å². The summed E-state index contributed by atoms with van der Waals surface area (Å²) in [6.07, 6.45) is 5.05. The Morgan fingerprint density at radius 3 is 2.48 bits per heavy atom. The average Bonchev–Trinajstić information content (AvgIpc) is 2.86. The van der Waals surface area contributed by atoms with Crippen molar-refractivity contribution in [1.82, 2.24) is 0 Å². The molecular weight excluding hydrogens is 264 g/mol. The molecule has 1 saturated carbocycles. The van der Waals surface area contributed by atoms with Crippen LogP contribution in [0.15, 0.2) is 12.1 Å². The highest BCUT2D eigenvalue weighted by Crippen LogP contribution is 2.39. The molecule has 1 aromatic rings. The maximum atomic E-state index is 11.2. The molecule has 0 aliphatic heterocycles. The number of rotatable bonds is 5. The molecule has 0 atom stereocenters. The number of aliphatic carboxylic acids is 1. The standard InChI is InChI=1S/C18H26O3/c1-12-9-10-15(18(3,4)11-16(19)20)17(13(12)2)21-14-7-5-6-8-14/h9-10,14H,5-8,11H2,1-4H3,(H,19,20). The zero-order valence-electron chi connectivity index (χ0n) is 13.5. The first-order valence-electron chi connectivity index (χ1n) is 7.80. The lowest BCUT2D eigenvalue weighted by molar-refractivity contribution is -0.138. The Morgan fingerprint density at radius 1 is 1.29 bits per heavy atom. The fraction of sp³-hybridized carbons (Fsp3) is 0.611. The zero-order chi connectivity index (χ0) is 15.6. The minimum absolute atomic E-state index is 0.108. The van der Waals surface area contributed by atoms with Gasteiger partial charge in [-0.1, -0.05) is 26.0 Å². The molecule has 0 unspecified atom stereocenters. The number of carboxylic acid groups (broad SMARTS) is 1. The molecule has 0 heterocycles. The number of hydrogen-bond acceptors (Lipinski definition) is 2.